The maximum absolute atomic E-state index is 12.4. The van der Waals surface area contributed by atoms with Crippen LogP contribution in [0, 0.1) is 0 Å². The van der Waals surface area contributed by atoms with Gasteiger partial charge < -0.3 is 8.99 Å². The predicted molar refractivity (Wildman–Crippen MR) is 70.4 cm³/mol. The Morgan fingerprint density at radius 3 is 2.26 bits per heavy atom. The Bertz CT molecular complexity index is 421. The molecule has 0 spiro atoms. The van der Waals surface area contributed by atoms with Gasteiger partial charge in [0.1, 0.15) is 0 Å². The molecule has 1 aromatic rings. The molecule has 0 saturated heterocycles. The van der Waals surface area contributed by atoms with E-state index in [9.17, 15) is 13.2 Å². The molecule has 0 fully saturated rings. The Morgan fingerprint density at radius 1 is 1.26 bits per heavy atom. The molecule has 3 nitrogen and oxygen atoms in total. The van der Waals surface area contributed by atoms with Crippen LogP contribution in [0.25, 0.3) is 0 Å². The Labute approximate surface area is 112 Å². The van der Waals surface area contributed by atoms with Crippen LogP contribution >= 0.6 is 0 Å². The quantitative estimate of drug-likeness (QED) is 0.787. The van der Waals surface area contributed by atoms with E-state index in [2.05, 4.69) is 38.8 Å². The largest absolute Gasteiger partial charge is 0.434 e. The third kappa shape index (κ3) is 4.34. The van der Waals surface area contributed by atoms with E-state index in [4.69, 9.17) is 4.43 Å². The maximum atomic E-state index is 12.4. The standard InChI is InChI=1S/C12H21F3N2OSi/c1-11(2,3)19(4,5)18-7-6-17-8-10(16-9-17)12(13,14)15/h8-9H,6-7H2,1-5H3. The molecule has 7 heteroatoms. The average Bonchev–Trinajstić information content (AvgIpc) is 2.63. The van der Waals surface area contributed by atoms with Crippen molar-refractivity contribution in [2.45, 2.75) is 51.6 Å². The Balaban J connectivity index is 2.53. The van der Waals surface area contributed by atoms with Crippen LogP contribution in [0.2, 0.25) is 18.1 Å². The molecule has 0 aromatic carbocycles. The molecule has 0 bridgehead atoms. The summed E-state index contributed by atoms with van der Waals surface area (Å²) in [5.74, 6) is 0. The second kappa shape index (κ2) is 5.28. The predicted octanol–water partition coefficient (Wildman–Crippen LogP) is 3.92. The van der Waals surface area contributed by atoms with Gasteiger partial charge in [0.25, 0.3) is 0 Å². The van der Waals surface area contributed by atoms with Gasteiger partial charge in [0.2, 0.25) is 0 Å². The molecule has 0 aliphatic carbocycles. The maximum Gasteiger partial charge on any atom is 0.434 e. The van der Waals surface area contributed by atoms with Crippen molar-refractivity contribution in [1.29, 1.82) is 0 Å². The Kier molecular flexibility index (Phi) is 4.51. The van der Waals surface area contributed by atoms with Gasteiger partial charge in [-0.1, -0.05) is 20.8 Å². The van der Waals surface area contributed by atoms with Crippen molar-refractivity contribution in [1.82, 2.24) is 9.55 Å². The van der Waals surface area contributed by atoms with Gasteiger partial charge in [0.15, 0.2) is 14.0 Å². The summed E-state index contributed by atoms with van der Waals surface area (Å²) < 4.78 is 44.4. The summed E-state index contributed by atoms with van der Waals surface area (Å²) in [6.45, 7) is 11.4. The van der Waals surface area contributed by atoms with Crippen molar-refractivity contribution in [2.24, 2.45) is 0 Å². The highest BCUT2D eigenvalue weighted by Gasteiger charge is 2.37. The van der Waals surface area contributed by atoms with Crippen LogP contribution < -0.4 is 0 Å². The number of halogens is 3. The second-order valence-electron chi connectivity index (χ2n) is 6.10. The molecule has 1 aromatic heterocycles. The number of rotatable bonds is 4. The zero-order valence-electron chi connectivity index (χ0n) is 12.0. The number of alkyl halides is 3. The number of hydrogen-bond acceptors (Lipinski definition) is 2. The molecule has 0 aliphatic rings. The van der Waals surface area contributed by atoms with E-state index in [0.29, 0.717) is 13.2 Å². The van der Waals surface area contributed by atoms with Gasteiger partial charge in [0.05, 0.1) is 12.9 Å². The van der Waals surface area contributed by atoms with Gasteiger partial charge in [-0.15, -0.1) is 0 Å². The van der Waals surface area contributed by atoms with E-state index in [1.807, 2.05) is 0 Å². The highest BCUT2D eigenvalue weighted by atomic mass is 28.4. The summed E-state index contributed by atoms with van der Waals surface area (Å²) >= 11 is 0. The molecule has 19 heavy (non-hydrogen) atoms. The minimum absolute atomic E-state index is 0.0963. The van der Waals surface area contributed by atoms with Crippen LogP contribution in [-0.2, 0) is 17.1 Å². The molecule has 0 aliphatic heterocycles. The minimum atomic E-state index is -4.38. The molecule has 0 saturated carbocycles. The molecule has 1 heterocycles. The summed E-state index contributed by atoms with van der Waals surface area (Å²) in [5, 5.41) is 0.0963. The van der Waals surface area contributed by atoms with E-state index < -0.39 is 20.2 Å². The lowest BCUT2D eigenvalue weighted by Crippen LogP contribution is -2.41. The zero-order chi connectivity index (χ0) is 14.9. The van der Waals surface area contributed by atoms with Crippen molar-refractivity contribution >= 4 is 8.32 Å². The number of nitrogens with zero attached hydrogens (tertiary/aromatic N) is 2. The van der Waals surface area contributed by atoms with Gasteiger partial charge in [-0.3, -0.25) is 0 Å². The first-order valence-corrected chi connectivity index (χ1v) is 9.07. The van der Waals surface area contributed by atoms with Gasteiger partial charge in [-0.2, -0.15) is 13.2 Å². The van der Waals surface area contributed by atoms with E-state index in [1.165, 1.54) is 10.9 Å². The minimum Gasteiger partial charge on any atom is -0.415 e. The van der Waals surface area contributed by atoms with Crippen LogP contribution in [-0.4, -0.2) is 24.5 Å². The van der Waals surface area contributed by atoms with Gasteiger partial charge in [0, 0.05) is 12.7 Å². The van der Waals surface area contributed by atoms with E-state index in [1.54, 1.807) is 0 Å². The lowest BCUT2D eigenvalue weighted by atomic mass is 10.2. The molecule has 0 atom stereocenters. The topological polar surface area (TPSA) is 27.1 Å². The van der Waals surface area contributed by atoms with Crippen molar-refractivity contribution in [3.63, 3.8) is 0 Å². The summed E-state index contributed by atoms with van der Waals surface area (Å²) in [7, 11) is -1.84. The van der Waals surface area contributed by atoms with E-state index in [-0.39, 0.29) is 5.04 Å². The zero-order valence-corrected chi connectivity index (χ0v) is 13.0. The molecule has 110 valence electrons. The molecule has 0 radical (unpaired) electrons. The third-order valence-corrected chi connectivity index (χ3v) is 8.08. The highest BCUT2D eigenvalue weighted by Crippen LogP contribution is 2.36. The van der Waals surface area contributed by atoms with Crippen LogP contribution in [0.15, 0.2) is 12.5 Å². The molecule has 0 N–H and O–H groups in total. The fourth-order valence-corrected chi connectivity index (χ4v) is 2.29. The van der Waals surface area contributed by atoms with Gasteiger partial charge in [-0.25, -0.2) is 4.98 Å². The number of imidazole rings is 1. The second-order valence-corrected chi connectivity index (χ2v) is 10.9. The first kappa shape index (κ1) is 16.2. The van der Waals surface area contributed by atoms with Crippen LogP contribution in [0.1, 0.15) is 26.5 Å². The van der Waals surface area contributed by atoms with Crippen molar-refractivity contribution in [3.8, 4) is 0 Å². The first-order chi connectivity index (χ1) is 8.43. The van der Waals surface area contributed by atoms with Crippen LogP contribution in [0.4, 0.5) is 13.2 Å². The lowest BCUT2D eigenvalue weighted by Gasteiger charge is -2.36. The fraction of sp³-hybridized carbons (Fsp3) is 0.750. The van der Waals surface area contributed by atoms with Crippen molar-refractivity contribution in [2.75, 3.05) is 6.61 Å². The average molecular weight is 294 g/mol. The third-order valence-electron chi connectivity index (χ3n) is 3.54. The fourth-order valence-electron chi connectivity index (χ4n) is 1.25. The Hall–Kier alpha value is -0.823. The molecule has 1 rings (SSSR count). The summed E-state index contributed by atoms with van der Waals surface area (Å²) in [6, 6.07) is 0. The normalized spacial score (nSPS) is 13.9. The van der Waals surface area contributed by atoms with E-state index in [0.717, 1.165) is 6.20 Å². The monoisotopic (exact) mass is 294 g/mol. The van der Waals surface area contributed by atoms with Crippen molar-refractivity contribution < 1.29 is 17.6 Å². The summed E-state index contributed by atoms with van der Waals surface area (Å²) in [6.07, 6.45) is -2.18. The highest BCUT2D eigenvalue weighted by molar-refractivity contribution is 6.74. The Morgan fingerprint density at radius 2 is 1.84 bits per heavy atom. The molecule has 0 amide bonds. The lowest BCUT2D eigenvalue weighted by molar-refractivity contribution is -0.141. The summed E-state index contributed by atoms with van der Waals surface area (Å²) in [5.41, 5.74) is -0.861. The molecular formula is C12H21F3N2OSi. The molecular weight excluding hydrogens is 273 g/mol. The summed E-state index contributed by atoms with van der Waals surface area (Å²) in [4.78, 5) is 3.35. The molecule has 0 unspecified atom stereocenters. The smallest absolute Gasteiger partial charge is 0.415 e. The van der Waals surface area contributed by atoms with E-state index >= 15 is 0 Å². The number of aromatic nitrogens is 2. The van der Waals surface area contributed by atoms with Crippen LogP contribution in [0.5, 0.6) is 0 Å². The first-order valence-electron chi connectivity index (χ1n) is 6.16. The van der Waals surface area contributed by atoms with Crippen LogP contribution in [0.3, 0.4) is 0 Å². The number of hydrogen-bond donors (Lipinski definition) is 0. The van der Waals surface area contributed by atoms with Gasteiger partial charge in [-0.05, 0) is 18.1 Å². The SMILES string of the molecule is CC(C)(C)[Si](C)(C)OCCn1cnc(C(F)(F)F)c1. The van der Waals surface area contributed by atoms with Crippen molar-refractivity contribution in [3.05, 3.63) is 18.2 Å². The van der Waals surface area contributed by atoms with Gasteiger partial charge >= 0.3 is 6.18 Å².